The van der Waals surface area contributed by atoms with Gasteiger partial charge in [0, 0.05) is 32.1 Å². The fourth-order valence-electron chi connectivity index (χ4n) is 4.31. The van der Waals surface area contributed by atoms with Crippen LogP contribution in [0.2, 0.25) is 0 Å². The predicted octanol–water partition coefficient (Wildman–Crippen LogP) is 3.29. The normalized spacial score (nSPS) is 18.5. The van der Waals surface area contributed by atoms with E-state index in [1.54, 1.807) is 12.1 Å². The summed E-state index contributed by atoms with van der Waals surface area (Å²) in [5, 5.41) is 0. The molecule has 0 atom stereocenters. The van der Waals surface area contributed by atoms with Gasteiger partial charge in [0.1, 0.15) is 0 Å². The van der Waals surface area contributed by atoms with Crippen molar-refractivity contribution in [3.05, 3.63) is 64.7 Å². The minimum Gasteiger partial charge on any atom is -0.338 e. The first-order valence-corrected chi connectivity index (χ1v) is 11.7. The van der Waals surface area contributed by atoms with Crippen LogP contribution in [0.1, 0.15) is 35.1 Å². The molecule has 154 valence electrons. The van der Waals surface area contributed by atoms with Crippen molar-refractivity contribution in [2.24, 2.45) is 5.92 Å². The summed E-state index contributed by atoms with van der Waals surface area (Å²) in [6.07, 6.45) is 2.06. The number of carbonyl (C=O) groups excluding carboxylic acids is 1. The zero-order valence-corrected chi connectivity index (χ0v) is 17.9. The molecule has 0 spiro atoms. The molecule has 1 amide bonds. The van der Waals surface area contributed by atoms with Gasteiger partial charge in [0.05, 0.1) is 4.90 Å². The van der Waals surface area contributed by atoms with Crippen LogP contribution in [-0.2, 0) is 27.8 Å². The van der Waals surface area contributed by atoms with E-state index in [0.717, 1.165) is 24.1 Å². The van der Waals surface area contributed by atoms with Gasteiger partial charge in [-0.15, -0.1) is 0 Å². The van der Waals surface area contributed by atoms with E-state index in [9.17, 15) is 13.2 Å². The molecule has 0 radical (unpaired) electrons. The molecule has 0 saturated carbocycles. The second-order valence-corrected chi connectivity index (χ2v) is 10.1. The van der Waals surface area contributed by atoms with Crippen LogP contribution in [0.25, 0.3) is 0 Å². The predicted molar refractivity (Wildman–Crippen MR) is 113 cm³/mol. The molecule has 0 unspecified atom stereocenters. The molecule has 2 aromatic carbocycles. The van der Waals surface area contributed by atoms with Crippen LogP contribution in [0.4, 0.5) is 0 Å². The van der Waals surface area contributed by atoms with Crippen LogP contribution in [0.15, 0.2) is 47.4 Å². The molecule has 5 nitrogen and oxygen atoms in total. The maximum Gasteiger partial charge on any atom is 0.243 e. The molecule has 2 aromatic rings. The number of sulfonamides is 1. The van der Waals surface area contributed by atoms with Crippen molar-refractivity contribution in [3.63, 3.8) is 0 Å². The quantitative estimate of drug-likeness (QED) is 0.777. The monoisotopic (exact) mass is 412 g/mol. The third kappa shape index (κ3) is 3.96. The standard InChI is InChI=1S/C23H28N2O3S/c1-17-7-8-22(15-18(17)2)29(27,28)25-13-10-20(11-14-25)23(26)24-12-9-19-5-3-4-6-21(19)16-24/h3-8,15,20H,9-14,16H2,1-2H3. The Morgan fingerprint density at radius 3 is 2.31 bits per heavy atom. The Balaban J connectivity index is 1.40. The summed E-state index contributed by atoms with van der Waals surface area (Å²) in [7, 11) is -3.51. The highest BCUT2D eigenvalue weighted by molar-refractivity contribution is 7.89. The maximum atomic E-state index is 13.0. The average molecular weight is 413 g/mol. The third-order valence-electron chi connectivity index (χ3n) is 6.36. The van der Waals surface area contributed by atoms with Gasteiger partial charge in [-0.25, -0.2) is 8.42 Å². The lowest BCUT2D eigenvalue weighted by atomic mass is 9.94. The van der Waals surface area contributed by atoms with Gasteiger partial charge in [0.2, 0.25) is 15.9 Å². The van der Waals surface area contributed by atoms with Gasteiger partial charge in [0.25, 0.3) is 0 Å². The van der Waals surface area contributed by atoms with Gasteiger partial charge in [-0.2, -0.15) is 4.31 Å². The molecule has 0 N–H and O–H groups in total. The summed E-state index contributed by atoms with van der Waals surface area (Å²) in [5.74, 6) is 0.0780. The highest BCUT2D eigenvalue weighted by Gasteiger charge is 2.34. The maximum absolute atomic E-state index is 13.0. The second kappa shape index (κ2) is 7.92. The Hall–Kier alpha value is -2.18. The van der Waals surface area contributed by atoms with Gasteiger partial charge >= 0.3 is 0 Å². The second-order valence-electron chi connectivity index (χ2n) is 8.20. The topological polar surface area (TPSA) is 57.7 Å². The summed E-state index contributed by atoms with van der Waals surface area (Å²) >= 11 is 0. The van der Waals surface area contributed by atoms with Gasteiger partial charge in [-0.1, -0.05) is 30.3 Å². The van der Waals surface area contributed by atoms with E-state index < -0.39 is 10.0 Å². The average Bonchev–Trinajstić information content (AvgIpc) is 2.74. The molecular formula is C23H28N2O3S. The van der Waals surface area contributed by atoms with Gasteiger partial charge in [-0.05, 0) is 67.5 Å². The van der Waals surface area contributed by atoms with Crippen LogP contribution in [0.3, 0.4) is 0 Å². The van der Waals surface area contributed by atoms with Crippen molar-refractivity contribution in [1.82, 2.24) is 9.21 Å². The summed E-state index contributed by atoms with van der Waals surface area (Å²) in [4.78, 5) is 15.3. The Labute approximate surface area is 173 Å². The molecule has 0 aliphatic carbocycles. The number of benzene rings is 2. The van der Waals surface area contributed by atoms with Crippen LogP contribution in [0, 0.1) is 19.8 Å². The Kier molecular flexibility index (Phi) is 5.49. The zero-order chi connectivity index (χ0) is 20.6. The van der Waals surface area contributed by atoms with Crippen molar-refractivity contribution in [2.45, 2.75) is 44.6 Å². The van der Waals surface area contributed by atoms with E-state index in [1.807, 2.05) is 36.9 Å². The molecule has 1 fully saturated rings. The Bertz CT molecular complexity index is 1020. The minimum atomic E-state index is -3.51. The van der Waals surface area contributed by atoms with Crippen LogP contribution in [0.5, 0.6) is 0 Å². The van der Waals surface area contributed by atoms with Crippen LogP contribution >= 0.6 is 0 Å². The van der Waals surface area contributed by atoms with E-state index in [0.29, 0.717) is 37.4 Å². The molecule has 0 bridgehead atoms. The molecule has 2 aliphatic rings. The first-order chi connectivity index (χ1) is 13.9. The summed E-state index contributed by atoms with van der Waals surface area (Å²) in [6.45, 7) is 6.11. The number of hydrogen-bond acceptors (Lipinski definition) is 3. The third-order valence-corrected chi connectivity index (χ3v) is 8.26. The molecule has 4 rings (SSSR count). The summed E-state index contributed by atoms with van der Waals surface area (Å²) < 4.78 is 27.5. The lowest BCUT2D eigenvalue weighted by Gasteiger charge is -2.35. The first kappa shape index (κ1) is 20.1. The van der Waals surface area contributed by atoms with Crippen LogP contribution in [-0.4, -0.2) is 43.2 Å². The molecule has 6 heteroatoms. The molecule has 2 heterocycles. The van der Waals surface area contributed by atoms with Gasteiger partial charge in [0.15, 0.2) is 0 Å². The lowest BCUT2D eigenvalue weighted by Crippen LogP contribution is -2.45. The van der Waals surface area contributed by atoms with Crippen molar-refractivity contribution in [2.75, 3.05) is 19.6 Å². The van der Waals surface area contributed by atoms with Gasteiger partial charge < -0.3 is 4.90 Å². The Morgan fingerprint density at radius 2 is 1.62 bits per heavy atom. The van der Waals surface area contributed by atoms with E-state index in [-0.39, 0.29) is 11.8 Å². The largest absolute Gasteiger partial charge is 0.338 e. The van der Waals surface area contributed by atoms with Gasteiger partial charge in [-0.3, -0.25) is 4.79 Å². The fourth-order valence-corrected chi connectivity index (χ4v) is 5.86. The number of aryl methyl sites for hydroxylation is 2. The number of rotatable bonds is 3. The van der Waals surface area contributed by atoms with Crippen molar-refractivity contribution in [1.29, 1.82) is 0 Å². The van der Waals surface area contributed by atoms with Crippen molar-refractivity contribution in [3.8, 4) is 0 Å². The molecule has 0 aromatic heterocycles. The Morgan fingerprint density at radius 1 is 0.931 bits per heavy atom. The van der Waals surface area contributed by atoms with Crippen molar-refractivity contribution >= 4 is 15.9 Å². The minimum absolute atomic E-state index is 0.0912. The lowest BCUT2D eigenvalue weighted by molar-refractivity contribution is -0.137. The summed E-state index contributed by atoms with van der Waals surface area (Å²) in [5.41, 5.74) is 4.60. The summed E-state index contributed by atoms with van der Waals surface area (Å²) in [6, 6.07) is 13.6. The number of hydrogen-bond donors (Lipinski definition) is 0. The van der Waals surface area contributed by atoms with E-state index in [2.05, 4.69) is 12.1 Å². The fraction of sp³-hybridized carbons (Fsp3) is 0.435. The number of amides is 1. The molecule has 2 aliphatic heterocycles. The highest BCUT2D eigenvalue weighted by Crippen LogP contribution is 2.28. The van der Waals surface area contributed by atoms with E-state index >= 15 is 0 Å². The number of nitrogens with zero attached hydrogens (tertiary/aromatic N) is 2. The zero-order valence-electron chi connectivity index (χ0n) is 17.1. The van der Waals surface area contributed by atoms with Crippen molar-refractivity contribution < 1.29 is 13.2 Å². The van der Waals surface area contributed by atoms with E-state index in [1.165, 1.54) is 15.4 Å². The van der Waals surface area contributed by atoms with E-state index in [4.69, 9.17) is 0 Å². The SMILES string of the molecule is Cc1ccc(S(=O)(=O)N2CCC(C(=O)N3CCc4ccccc4C3)CC2)cc1C. The highest BCUT2D eigenvalue weighted by atomic mass is 32.2. The van der Waals surface area contributed by atoms with Crippen LogP contribution < -0.4 is 0 Å². The smallest absolute Gasteiger partial charge is 0.243 e. The number of piperidine rings is 1. The first-order valence-electron chi connectivity index (χ1n) is 10.3. The number of carbonyl (C=O) groups is 1. The molecule has 1 saturated heterocycles. The molecular weight excluding hydrogens is 384 g/mol. The molecule has 29 heavy (non-hydrogen) atoms. The number of fused-ring (bicyclic) bond motifs is 1.